The molecular weight excluding hydrogens is 338 g/mol. The highest BCUT2D eigenvalue weighted by molar-refractivity contribution is 5.95. The minimum atomic E-state index is -0.106. The highest BCUT2D eigenvalue weighted by Gasteiger charge is 2.15. The molecule has 1 heterocycles. The lowest BCUT2D eigenvalue weighted by molar-refractivity contribution is -0.114. The van der Waals surface area contributed by atoms with Crippen molar-refractivity contribution in [2.75, 3.05) is 35.2 Å². The number of amides is 1. The molecule has 5 heteroatoms. The van der Waals surface area contributed by atoms with Crippen molar-refractivity contribution in [1.82, 2.24) is 0 Å². The van der Waals surface area contributed by atoms with Gasteiger partial charge in [-0.15, -0.1) is 0 Å². The van der Waals surface area contributed by atoms with Gasteiger partial charge in [-0.25, -0.2) is 0 Å². The summed E-state index contributed by atoms with van der Waals surface area (Å²) < 4.78 is 0. The highest BCUT2D eigenvalue weighted by Crippen LogP contribution is 2.24. The molecule has 1 saturated heterocycles. The number of hydrogen-bond donors (Lipinski definition) is 2. The summed E-state index contributed by atoms with van der Waals surface area (Å²) in [5.41, 5.74) is 3.48. The Labute approximate surface area is 160 Å². The maximum absolute atomic E-state index is 12.1. The maximum atomic E-state index is 12.1. The smallest absolute Gasteiger partial charge is 0.243 e. The third-order valence-electron chi connectivity index (χ3n) is 5.04. The van der Waals surface area contributed by atoms with Crippen LogP contribution in [-0.4, -0.2) is 31.3 Å². The standard InChI is InChI=1S/C22H27N3O2/c1-16-11-13-25(14-12-16)21-9-7-20(8-10-21)24-22(27)15-23-19-5-3-18(4-6-19)17(2)26/h3-10,16,23H,11-15H2,1-2H3,(H,24,27). The Morgan fingerprint density at radius 1 is 0.963 bits per heavy atom. The van der Waals surface area contributed by atoms with Gasteiger partial charge in [-0.3, -0.25) is 9.59 Å². The van der Waals surface area contributed by atoms with Crippen molar-refractivity contribution in [3.63, 3.8) is 0 Å². The lowest BCUT2D eigenvalue weighted by atomic mass is 9.99. The quantitative estimate of drug-likeness (QED) is 0.754. The van der Waals surface area contributed by atoms with E-state index in [0.29, 0.717) is 5.56 Å². The van der Waals surface area contributed by atoms with Gasteiger partial charge in [0.15, 0.2) is 5.78 Å². The molecule has 0 saturated carbocycles. The van der Waals surface area contributed by atoms with Gasteiger partial charge in [-0.1, -0.05) is 6.92 Å². The zero-order valence-corrected chi connectivity index (χ0v) is 16.0. The van der Waals surface area contributed by atoms with Crippen molar-refractivity contribution in [2.24, 2.45) is 5.92 Å². The Balaban J connectivity index is 1.48. The second-order valence-electron chi connectivity index (χ2n) is 7.25. The summed E-state index contributed by atoms with van der Waals surface area (Å²) in [5, 5.41) is 5.97. The number of hydrogen-bond acceptors (Lipinski definition) is 4. The molecule has 1 amide bonds. The Morgan fingerprint density at radius 2 is 1.56 bits per heavy atom. The van der Waals surface area contributed by atoms with E-state index in [4.69, 9.17) is 0 Å². The van der Waals surface area contributed by atoms with Crippen LogP contribution in [-0.2, 0) is 4.79 Å². The summed E-state index contributed by atoms with van der Waals surface area (Å²) >= 11 is 0. The van der Waals surface area contributed by atoms with Gasteiger partial charge in [0, 0.05) is 35.7 Å². The molecule has 0 radical (unpaired) electrons. The van der Waals surface area contributed by atoms with E-state index in [1.54, 1.807) is 24.3 Å². The number of rotatable bonds is 6. The van der Waals surface area contributed by atoms with Crippen LogP contribution in [0.3, 0.4) is 0 Å². The summed E-state index contributed by atoms with van der Waals surface area (Å²) in [7, 11) is 0. The predicted octanol–water partition coefficient (Wildman–Crippen LogP) is 4.18. The maximum Gasteiger partial charge on any atom is 0.243 e. The van der Waals surface area contributed by atoms with Gasteiger partial charge in [0.2, 0.25) is 5.91 Å². The fourth-order valence-electron chi connectivity index (χ4n) is 3.23. The van der Waals surface area contributed by atoms with Crippen molar-refractivity contribution in [3.8, 4) is 0 Å². The Bertz CT molecular complexity index is 776. The molecule has 1 aliphatic heterocycles. The number of nitrogens with one attached hydrogen (secondary N) is 2. The molecular formula is C22H27N3O2. The van der Waals surface area contributed by atoms with Crippen molar-refractivity contribution in [1.29, 1.82) is 0 Å². The van der Waals surface area contributed by atoms with Gasteiger partial charge in [0.1, 0.15) is 0 Å². The number of anilines is 3. The van der Waals surface area contributed by atoms with Crippen molar-refractivity contribution >= 4 is 28.8 Å². The first-order chi connectivity index (χ1) is 13.0. The highest BCUT2D eigenvalue weighted by atomic mass is 16.2. The molecule has 0 bridgehead atoms. The zero-order chi connectivity index (χ0) is 19.2. The number of piperidine rings is 1. The van der Waals surface area contributed by atoms with E-state index in [1.165, 1.54) is 25.5 Å². The van der Waals surface area contributed by atoms with E-state index in [2.05, 4.69) is 34.6 Å². The van der Waals surface area contributed by atoms with Gasteiger partial charge in [-0.2, -0.15) is 0 Å². The lowest BCUT2D eigenvalue weighted by Crippen LogP contribution is -2.32. The monoisotopic (exact) mass is 365 g/mol. The van der Waals surface area contributed by atoms with Crippen LogP contribution in [0, 0.1) is 5.92 Å². The molecule has 3 rings (SSSR count). The second kappa shape index (κ2) is 8.71. The summed E-state index contributed by atoms with van der Waals surface area (Å²) in [4.78, 5) is 25.8. The average Bonchev–Trinajstić information content (AvgIpc) is 2.68. The van der Waals surface area contributed by atoms with Crippen molar-refractivity contribution < 1.29 is 9.59 Å². The Kier molecular flexibility index (Phi) is 6.12. The largest absolute Gasteiger partial charge is 0.376 e. The fraction of sp³-hybridized carbons (Fsp3) is 0.364. The number of Topliss-reactive ketones (excluding diaryl/α,β-unsaturated/α-hetero) is 1. The van der Waals surface area contributed by atoms with E-state index >= 15 is 0 Å². The molecule has 1 aliphatic rings. The van der Waals surface area contributed by atoms with Gasteiger partial charge in [0.25, 0.3) is 0 Å². The molecule has 0 atom stereocenters. The Hall–Kier alpha value is -2.82. The van der Waals surface area contributed by atoms with Crippen LogP contribution in [0.25, 0.3) is 0 Å². The fourth-order valence-corrected chi connectivity index (χ4v) is 3.23. The molecule has 27 heavy (non-hydrogen) atoms. The van der Waals surface area contributed by atoms with Crippen molar-refractivity contribution in [2.45, 2.75) is 26.7 Å². The third-order valence-corrected chi connectivity index (χ3v) is 5.04. The van der Waals surface area contributed by atoms with Crippen LogP contribution in [0.5, 0.6) is 0 Å². The molecule has 2 aromatic rings. The minimum absolute atomic E-state index is 0.0294. The topological polar surface area (TPSA) is 61.4 Å². The van der Waals surface area contributed by atoms with Crippen molar-refractivity contribution in [3.05, 3.63) is 54.1 Å². The lowest BCUT2D eigenvalue weighted by Gasteiger charge is -2.32. The Morgan fingerprint density at radius 3 is 2.15 bits per heavy atom. The van der Waals surface area contributed by atoms with E-state index in [-0.39, 0.29) is 18.2 Å². The van der Waals surface area contributed by atoms with Gasteiger partial charge < -0.3 is 15.5 Å². The predicted molar refractivity (Wildman–Crippen MR) is 111 cm³/mol. The molecule has 2 aromatic carbocycles. The summed E-state index contributed by atoms with van der Waals surface area (Å²) in [6, 6.07) is 15.2. The molecule has 0 spiro atoms. The first kappa shape index (κ1) is 19.0. The number of ketones is 1. The summed E-state index contributed by atoms with van der Waals surface area (Å²) in [6.07, 6.45) is 2.47. The van der Waals surface area contributed by atoms with Crippen LogP contribution in [0.4, 0.5) is 17.1 Å². The summed E-state index contributed by atoms with van der Waals surface area (Å²) in [6.45, 7) is 6.21. The third kappa shape index (κ3) is 5.33. The van der Waals surface area contributed by atoms with Gasteiger partial charge in [-0.05, 0) is 74.2 Å². The molecule has 0 aromatic heterocycles. The second-order valence-corrected chi connectivity index (χ2v) is 7.25. The first-order valence-electron chi connectivity index (χ1n) is 9.51. The number of benzene rings is 2. The van der Waals surface area contributed by atoms with Crippen LogP contribution in [0.1, 0.15) is 37.0 Å². The number of carbonyl (C=O) groups is 2. The molecule has 142 valence electrons. The van der Waals surface area contributed by atoms with Crippen LogP contribution >= 0.6 is 0 Å². The van der Waals surface area contributed by atoms with E-state index in [1.807, 2.05) is 12.1 Å². The van der Waals surface area contributed by atoms with Gasteiger partial charge >= 0.3 is 0 Å². The molecule has 1 fully saturated rings. The zero-order valence-electron chi connectivity index (χ0n) is 16.0. The first-order valence-corrected chi connectivity index (χ1v) is 9.51. The van der Waals surface area contributed by atoms with E-state index in [9.17, 15) is 9.59 Å². The van der Waals surface area contributed by atoms with E-state index < -0.39 is 0 Å². The van der Waals surface area contributed by atoms with Crippen LogP contribution in [0.2, 0.25) is 0 Å². The molecule has 5 nitrogen and oxygen atoms in total. The summed E-state index contributed by atoms with van der Waals surface area (Å²) in [5.74, 6) is 0.734. The van der Waals surface area contributed by atoms with Crippen LogP contribution in [0.15, 0.2) is 48.5 Å². The average molecular weight is 365 g/mol. The van der Waals surface area contributed by atoms with Crippen LogP contribution < -0.4 is 15.5 Å². The number of carbonyl (C=O) groups excluding carboxylic acids is 2. The molecule has 0 unspecified atom stereocenters. The van der Waals surface area contributed by atoms with E-state index in [0.717, 1.165) is 30.4 Å². The molecule has 0 aliphatic carbocycles. The normalized spacial score (nSPS) is 14.7. The SMILES string of the molecule is CC(=O)c1ccc(NCC(=O)Nc2ccc(N3CCC(C)CC3)cc2)cc1. The number of nitrogens with zero attached hydrogens (tertiary/aromatic N) is 1. The van der Waals surface area contributed by atoms with Gasteiger partial charge in [0.05, 0.1) is 6.54 Å². The minimum Gasteiger partial charge on any atom is -0.376 e. The molecule has 2 N–H and O–H groups in total.